The van der Waals surface area contributed by atoms with E-state index in [9.17, 15) is 13.6 Å². The summed E-state index contributed by atoms with van der Waals surface area (Å²) in [6.45, 7) is 1.13. The van der Waals surface area contributed by atoms with Crippen molar-refractivity contribution in [3.63, 3.8) is 0 Å². The fraction of sp³-hybridized carbons (Fsp3) is 0.500. The van der Waals surface area contributed by atoms with Crippen LogP contribution in [0.15, 0.2) is 12.1 Å². The summed E-state index contributed by atoms with van der Waals surface area (Å²) in [5, 5.41) is 2.43. The molecule has 1 atom stereocenters. The second-order valence-corrected chi connectivity index (χ2v) is 4.94. The molecule has 8 heteroatoms. The van der Waals surface area contributed by atoms with Gasteiger partial charge in [-0.3, -0.25) is 4.79 Å². The van der Waals surface area contributed by atoms with Gasteiger partial charge in [-0.25, -0.2) is 8.78 Å². The van der Waals surface area contributed by atoms with E-state index in [2.05, 4.69) is 10.1 Å². The van der Waals surface area contributed by atoms with E-state index in [1.807, 2.05) is 0 Å². The molecule has 1 aromatic carbocycles. The highest BCUT2D eigenvalue weighted by molar-refractivity contribution is 5.95. The maximum Gasteiger partial charge on any atom is 0.241 e. The van der Waals surface area contributed by atoms with Crippen LogP contribution in [0.2, 0.25) is 0 Å². The maximum absolute atomic E-state index is 13.6. The smallest absolute Gasteiger partial charge is 0.241 e. The van der Waals surface area contributed by atoms with E-state index >= 15 is 0 Å². The molecule has 1 aliphatic rings. The van der Waals surface area contributed by atoms with Crippen LogP contribution < -0.4 is 15.8 Å². The van der Waals surface area contributed by atoms with E-state index in [-0.39, 0.29) is 24.0 Å². The highest BCUT2D eigenvalue weighted by atomic mass is 35.5. The van der Waals surface area contributed by atoms with Gasteiger partial charge in [0.05, 0.1) is 13.2 Å². The summed E-state index contributed by atoms with van der Waals surface area (Å²) in [4.78, 5) is 12.0. The Morgan fingerprint density at radius 1 is 1.36 bits per heavy atom. The fourth-order valence-electron chi connectivity index (χ4n) is 2.34. The third-order valence-electron chi connectivity index (χ3n) is 3.55. The molecule has 1 aliphatic heterocycles. The first-order chi connectivity index (χ1) is 10.0. The van der Waals surface area contributed by atoms with Crippen molar-refractivity contribution < 1.29 is 23.0 Å². The number of halogens is 3. The molecule has 0 aliphatic carbocycles. The number of benzene rings is 1. The molecule has 0 bridgehead atoms. The zero-order valence-corrected chi connectivity index (χ0v) is 12.9. The van der Waals surface area contributed by atoms with Gasteiger partial charge in [0.1, 0.15) is 0 Å². The fourth-order valence-corrected chi connectivity index (χ4v) is 2.34. The van der Waals surface area contributed by atoms with Crippen LogP contribution in [0.5, 0.6) is 5.75 Å². The molecule has 1 aromatic rings. The molecule has 1 saturated heterocycles. The Bertz CT molecular complexity index is 502. The Hall–Kier alpha value is -1.44. The van der Waals surface area contributed by atoms with Crippen molar-refractivity contribution in [3.05, 3.63) is 23.8 Å². The Kier molecular flexibility index (Phi) is 6.99. The molecule has 0 radical (unpaired) electrons. The number of carbonyl (C=O) groups excluding carboxylic acids is 1. The minimum absolute atomic E-state index is 0. The highest BCUT2D eigenvalue weighted by Gasteiger charge is 2.27. The van der Waals surface area contributed by atoms with E-state index < -0.39 is 29.3 Å². The number of anilines is 1. The Balaban J connectivity index is 0.00000242. The van der Waals surface area contributed by atoms with Gasteiger partial charge in [0.25, 0.3) is 0 Å². The van der Waals surface area contributed by atoms with Crippen molar-refractivity contribution in [2.75, 3.05) is 25.6 Å². The number of ether oxygens (including phenoxy) is 2. The minimum atomic E-state index is -0.882. The summed E-state index contributed by atoms with van der Waals surface area (Å²) < 4.78 is 36.9. The van der Waals surface area contributed by atoms with Gasteiger partial charge >= 0.3 is 0 Å². The molecule has 3 N–H and O–H groups in total. The van der Waals surface area contributed by atoms with Gasteiger partial charge in [-0.1, -0.05) is 0 Å². The molecular formula is C14H19ClF2N2O3. The molecule has 0 aromatic heterocycles. The van der Waals surface area contributed by atoms with Crippen molar-refractivity contribution in [1.82, 2.24) is 0 Å². The molecule has 2 rings (SSSR count). The van der Waals surface area contributed by atoms with Gasteiger partial charge in [-0.05, 0) is 18.8 Å². The zero-order valence-electron chi connectivity index (χ0n) is 12.1. The van der Waals surface area contributed by atoms with Crippen LogP contribution >= 0.6 is 12.4 Å². The average Bonchev–Trinajstić information content (AvgIpc) is 2.47. The number of rotatable bonds is 4. The molecule has 1 unspecified atom stereocenters. The topological polar surface area (TPSA) is 73.6 Å². The van der Waals surface area contributed by atoms with Crippen LogP contribution in [-0.4, -0.2) is 32.3 Å². The third-order valence-corrected chi connectivity index (χ3v) is 3.55. The van der Waals surface area contributed by atoms with Crippen LogP contribution in [-0.2, 0) is 9.53 Å². The molecule has 1 fully saturated rings. The summed E-state index contributed by atoms with van der Waals surface area (Å²) in [6.07, 6.45) is 1.39. The summed E-state index contributed by atoms with van der Waals surface area (Å²) in [6, 6.07) is 1.26. The van der Waals surface area contributed by atoms with E-state index in [1.54, 1.807) is 0 Å². The molecule has 124 valence electrons. The lowest BCUT2D eigenvalue weighted by Crippen LogP contribution is -2.44. The number of nitrogens with two attached hydrogens (primary N) is 1. The SMILES string of the molecule is COc1c(F)cc(NC(=O)C(N)C2CCOCC2)cc1F.Cl. The predicted molar refractivity (Wildman–Crippen MR) is 80.3 cm³/mol. The minimum Gasteiger partial charge on any atom is -0.491 e. The second-order valence-electron chi connectivity index (χ2n) is 4.94. The number of hydrogen-bond acceptors (Lipinski definition) is 4. The van der Waals surface area contributed by atoms with Crippen molar-refractivity contribution in [2.24, 2.45) is 11.7 Å². The molecular weight excluding hydrogens is 318 g/mol. The molecule has 1 amide bonds. The van der Waals surface area contributed by atoms with Crippen molar-refractivity contribution in [2.45, 2.75) is 18.9 Å². The van der Waals surface area contributed by atoms with Crippen LogP contribution in [0.25, 0.3) is 0 Å². The van der Waals surface area contributed by atoms with Crippen molar-refractivity contribution in [1.29, 1.82) is 0 Å². The first-order valence-corrected chi connectivity index (χ1v) is 6.70. The number of nitrogens with one attached hydrogen (secondary N) is 1. The summed E-state index contributed by atoms with van der Waals surface area (Å²) in [5.41, 5.74) is 5.90. The van der Waals surface area contributed by atoms with E-state index in [0.717, 1.165) is 12.1 Å². The van der Waals surface area contributed by atoms with Gasteiger partial charge in [0.15, 0.2) is 17.4 Å². The summed E-state index contributed by atoms with van der Waals surface area (Å²) >= 11 is 0. The molecule has 0 saturated carbocycles. The van der Waals surface area contributed by atoms with Crippen LogP contribution in [0.3, 0.4) is 0 Å². The lowest BCUT2D eigenvalue weighted by molar-refractivity contribution is -0.119. The lowest BCUT2D eigenvalue weighted by atomic mass is 9.92. The Morgan fingerprint density at radius 3 is 2.41 bits per heavy atom. The van der Waals surface area contributed by atoms with Gasteiger partial charge in [0.2, 0.25) is 5.91 Å². The monoisotopic (exact) mass is 336 g/mol. The lowest BCUT2D eigenvalue weighted by Gasteiger charge is -2.26. The normalized spacial score (nSPS) is 16.5. The predicted octanol–water partition coefficient (Wildman–Crippen LogP) is 2.09. The van der Waals surface area contributed by atoms with Crippen LogP contribution in [0, 0.1) is 17.6 Å². The summed E-state index contributed by atoms with van der Waals surface area (Å²) in [7, 11) is 1.17. The highest BCUT2D eigenvalue weighted by Crippen LogP contribution is 2.26. The van der Waals surface area contributed by atoms with E-state index in [4.69, 9.17) is 10.5 Å². The van der Waals surface area contributed by atoms with Crippen LogP contribution in [0.1, 0.15) is 12.8 Å². The van der Waals surface area contributed by atoms with Gasteiger partial charge < -0.3 is 20.5 Å². The second kappa shape index (κ2) is 8.26. The number of amides is 1. The van der Waals surface area contributed by atoms with E-state index in [0.29, 0.717) is 26.1 Å². The molecule has 1 heterocycles. The van der Waals surface area contributed by atoms with Crippen LogP contribution in [0.4, 0.5) is 14.5 Å². The van der Waals surface area contributed by atoms with E-state index in [1.165, 1.54) is 7.11 Å². The number of carbonyl (C=O) groups is 1. The van der Waals surface area contributed by atoms with Gasteiger partial charge in [-0.15, -0.1) is 12.4 Å². The molecule has 22 heavy (non-hydrogen) atoms. The summed E-state index contributed by atoms with van der Waals surface area (Å²) in [5.74, 6) is -2.71. The number of methoxy groups -OCH3 is 1. The van der Waals surface area contributed by atoms with Crippen molar-refractivity contribution >= 4 is 24.0 Å². The van der Waals surface area contributed by atoms with Crippen molar-refractivity contribution in [3.8, 4) is 5.75 Å². The number of hydrogen-bond donors (Lipinski definition) is 2. The first kappa shape index (κ1) is 18.6. The third kappa shape index (κ3) is 4.28. The average molecular weight is 337 g/mol. The van der Waals surface area contributed by atoms with Gasteiger partial charge in [-0.2, -0.15) is 0 Å². The molecule has 0 spiro atoms. The van der Waals surface area contributed by atoms with Gasteiger partial charge in [0, 0.05) is 31.0 Å². The molecule has 5 nitrogen and oxygen atoms in total. The Morgan fingerprint density at radius 2 is 1.91 bits per heavy atom. The first-order valence-electron chi connectivity index (χ1n) is 6.70. The zero-order chi connectivity index (χ0) is 15.4. The standard InChI is InChI=1S/C14H18F2N2O3.ClH/c1-20-13-10(15)6-9(7-11(13)16)18-14(19)12(17)8-2-4-21-5-3-8;/h6-8,12H,2-5,17H2,1H3,(H,18,19);1H. The Labute approximate surface area is 133 Å². The maximum atomic E-state index is 13.6. The largest absolute Gasteiger partial charge is 0.491 e. The quantitative estimate of drug-likeness (QED) is 0.883.